The Labute approximate surface area is 177 Å². The second-order valence-electron chi connectivity index (χ2n) is 7.98. The summed E-state index contributed by atoms with van der Waals surface area (Å²) < 4.78 is 27.9. The fourth-order valence-electron chi connectivity index (χ4n) is 3.82. The van der Waals surface area contributed by atoms with Gasteiger partial charge in [-0.05, 0) is 55.3 Å². The number of rotatable bonds is 7. The molecule has 1 fully saturated rings. The first kappa shape index (κ1) is 20.6. The van der Waals surface area contributed by atoms with E-state index in [9.17, 15) is 8.42 Å². The van der Waals surface area contributed by atoms with Gasteiger partial charge in [-0.15, -0.1) is 0 Å². The zero-order chi connectivity index (χ0) is 21.1. The van der Waals surface area contributed by atoms with Crippen molar-refractivity contribution in [2.45, 2.75) is 25.4 Å². The van der Waals surface area contributed by atoms with Crippen LogP contribution in [0.3, 0.4) is 0 Å². The molecule has 1 aliphatic heterocycles. The number of hydrogen-bond donors (Lipinski definition) is 3. The van der Waals surface area contributed by atoms with Crippen LogP contribution in [-0.2, 0) is 16.8 Å². The van der Waals surface area contributed by atoms with Crippen molar-refractivity contribution in [3.63, 3.8) is 0 Å². The van der Waals surface area contributed by atoms with Crippen LogP contribution < -0.4 is 10.0 Å². The van der Waals surface area contributed by atoms with Crippen LogP contribution in [0.15, 0.2) is 48.7 Å². The highest BCUT2D eigenvalue weighted by Crippen LogP contribution is 2.22. The van der Waals surface area contributed by atoms with Gasteiger partial charge in [0.15, 0.2) is 0 Å². The van der Waals surface area contributed by atoms with E-state index in [2.05, 4.69) is 37.3 Å². The summed E-state index contributed by atoms with van der Waals surface area (Å²) in [6.45, 7) is 2.76. The molecular weight excluding hydrogens is 400 g/mol. The smallest absolute Gasteiger partial charge is 0.301 e. The molecule has 3 N–H and O–H groups in total. The number of hydrogen-bond acceptors (Lipinski definition) is 5. The van der Waals surface area contributed by atoms with Crippen molar-refractivity contribution < 1.29 is 8.42 Å². The third-order valence-electron chi connectivity index (χ3n) is 5.38. The number of aromatic nitrogens is 2. The van der Waals surface area contributed by atoms with E-state index in [0.29, 0.717) is 11.7 Å². The minimum atomic E-state index is -3.50. The molecule has 0 aliphatic carbocycles. The Balaban J connectivity index is 1.38. The molecule has 1 unspecified atom stereocenters. The number of piperidine rings is 1. The normalized spacial score (nSPS) is 18.0. The van der Waals surface area contributed by atoms with Gasteiger partial charge in [0, 0.05) is 44.3 Å². The Hall–Kier alpha value is -2.62. The van der Waals surface area contributed by atoms with Gasteiger partial charge >= 0.3 is 10.2 Å². The number of nitrogens with zero attached hydrogens (tertiary/aromatic N) is 3. The van der Waals surface area contributed by atoms with Crippen LogP contribution in [0.4, 0.5) is 11.4 Å². The van der Waals surface area contributed by atoms with Gasteiger partial charge in [0.05, 0.1) is 17.4 Å². The molecule has 1 atom stereocenters. The number of H-pyrrole nitrogens is 1. The first-order chi connectivity index (χ1) is 14.4. The molecule has 8 nitrogen and oxygen atoms in total. The van der Waals surface area contributed by atoms with Crippen molar-refractivity contribution in [3.05, 3.63) is 54.2 Å². The van der Waals surface area contributed by atoms with Gasteiger partial charge in [-0.25, -0.2) is 0 Å². The predicted molar refractivity (Wildman–Crippen MR) is 121 cm³/mol. The molecule has 1 aliphatic rings. The number of likely N-dealkylation sites (tertiary alicyclic amines) is 1. The average molecular weight is 429 g/mol. The SMILES string of the molecule is CN(C)S(=O)(=O)Nc1cccc(CN2CCCC(Nc3ccc4[nH]ncc4c3)C2)c1. The molecule has 0 radical (unpaired) electrons. The van der Waals surface area contributed by atoms with E-state index in [0.717, 1.165) is 54.6 Å². The monoisotopic (exact) mass is 428 g/mol. The number of anilines is 2. The quantitative estimate of drug-likeness (QED) is 0.538. The van der Waals surface area contributed by atoms with Gasteiger partial charge < -0.3 is 5.32 Å². The molecule has 0 bridgehead atoms. The highest BCUT2D eigenvalue weighted by molar-refractivity contribution is 7.90. The van der Waals surface area contributed by atoms with Crippen LogP contribution in [0.1, 0.15) is 18.4 Å². The zero-order valence-electron chi connectivity index (χ0n) is 17.3. The average Bonchev–Trinajstić information content (AvgIpc) is 3.16. The fraction of sp³-hybridized carbons (Fsp3) is 0.381. The van der Waals surface area contributed by atoms with Gasteiger partial charge in [-0.3, -0.25) is 14.7 Å². The molecular formula is C21H28N6O2S. The minimum Gasteiger partial charge on any atom is -0.381 e. The summed E-state index contributed by atoms with van der Waals surface area (Å²) >= 11 is 0. The number of fused-ring (bicyclic) bond motifs is 1. The van der Waals surface area contributed by atoms with Crippen LogP contribution in [0.25, 0.3) is 10.9 Å². The van der Waals surface area contributed by atoms with Crippen LogP contribution in [0.2, 0.25) is 0 Å². The molecule has 1 saturated heterocycles. The molecule has 0 saturated carbocycles. The topological polar surface area (TPSA) is 93.4 Å². The van der Waals surface area contributed by atoms with Crippen molar-refractivity contribution in [2.75, 3.05) is 37.2 Å². The summed E-state index contributed by atoms with van der Waals surface area (Å²) in [4.78, 5) is 2.41. The zero-order valence-corrected chi connectivity index (χ0v) is 18.1. The number of benzene rings is 2. The van der Waals surface area contributed by atoms with E-state index < -0.39 is 10.2 Å². The molecule has 9 heteroatoms. The summed E-state index contributed by atoms with van der Waals surface area (Å²) in [7, 11) is -0.480. The highest BCUT2D eigenvalue weighted by atomic mass is 32.2. The van der Waals surface area contributed by atoms with Crippen molar-refractivity contribution >= 4 is 32.5 Å². The largest absolute Gasteiger partial charge is 0.381 e. The van der Waals surface area contributed by atoms with E-state index in [1.54, 1.807) is 6.07 Å². The van der Waals surface area contributed by atoms with E-state index in [1.807, 2.05) is 30.5 Å². The lowest BCUT2D eigenvalue weighted by molar-refractivity contribution is 0.208. The Bertz CT molecular complexity index is 1110. The lowest BCUT2D eigenvalue weighted by atomic mass is 10.0. The summed E-state index contributed by atoms with van der Waals surface area (Å²) in [6, 6.07) is 14.2. The van der Waals surface area contributed by atoms with Crippen molar-refractivity contribution in [1.82, 2.24) is 19.4 Å². The number of aromatic amines is 1. The van der Waals surface area contributed by atoms with Gasteiger partial charge in [0.2, 0.25) is 0 Å². The Morgan fingerprint density at radius 1 is 1.20 bits per heavy atom. The van der Waals surface area contributed by atoms with Crippen LogP contribution in [-0.4, -0.2) is 61.0 Å². The molecule has 0 spiro atoms. The van der Waals surface area contributed by atoms with E-state index in [1.165, 1.54) is 18.4 Å². The predicted octanol–water partition coefficient (Wildman–Crippen LogP) is 2.86. The van der Waals surface area contributed by atoms with E-state index in [-0.39, 0.29) is 0 Å². The van der Waals surface area contributed by atoms with Crippen LogP contribution in [0, 0.1) is 0 Å². The fourth-order valence-corrected chi connectivity index (χ4v) is 4.42. The van der Waals surface area contributed by atoms with E-state index in [4.69, 9.17) is 0 Å². The van der Waals surface area contributed by atoms with Gasteiger partial charge in [0.1, 0.15) is 0 Å². The Morgan fingerprint density at radius 3 is 2.90 bits per heavy atom. The summed E-state index contributed by atoms with van der Waals surface area (Å²) in [5, 5.41) is 11.8. The minimum absolute atomic E-state index is 0.374. The molecule has 4 rings (SSSR count). The van der Waals surface area contributed by atoms with Crippen molar-refractivity contribution in [1.29, 1.82) is 0 Å². The van der Waals surface area contributed by atoms with Crippen molar-refractivity contribution in [3.8, 4) is 0 Å². The molecule has 2 heterocycles. The summed E-state index contributed by atoms with van der Waals surface area (Å²) in [5.41, 5.74) is 3.82. The maximum Gasteiger partial charge on any atom is 0.301 e. The van der Waals surface area contributed by atoms with Gasteiger partial charge in [-0.2, -0.15) is 17.8 Å². The second kappa shape index (κ2) is 8.63. The van der Waals surface area contributed by atoms with Crippen LogP contribution in [0.5, 0.6) is 0 Å². The molecule has 30 heavy (non-hydrogen) atoms. The second-order valence-corrected chi connectivity index (χ2v) is 9.87. The lowest BCUT2D eigenvalue weighted by Crippen LogP contribution is -2.41. The third-order valence-corrected chi connectivity index (χ3v) is 6.83. The molecule has 0 amide bonds. The van der Waals surface area contributed by atoms with Gasteiger partial charge in [0.25, 0.3) is 0 Å². The maximum atomic E-state index is 12.1. The maximum absolute atomic E-state index is 12.1. The molecule has 1 aromatic heterocycles. The van der Waals surface area contributed by atoms with Crippen LogP contribution >= 0.6 is 0 Å². The Kier molecular flexibility index (Phi) is 5.94. The van der Waals surface area contributed by atoms with E-state index >= 15 is 0 Å². The summed E-state index contributed by atoms with van der Waals surface area (Å²) in [6.07, 6.45) is 4.09. The first-order valence-electron chi connectivity index (χ1n) is 10.1. The van der Waals surface area contributed by atoms with Crippen molar-refractivity contribution in [2.24, 2.45) is 0 Å². The standard InChI is InChI=1S/C21H28N6O2S/c1-26(2)30(28,29)25-19-6-3-5-16(11-19)14-27-10-4-7-20(15-27)23-18-8-9-21-17(12-18)13-22-24-21/h3,5-6,8-9,11-13,20,23,25H,4,7,10,14-15H2,1-2H3,(H,22,24). The molecule has 3 aromatic rings. The molecule has 2 aromatic carbocycles. The highest BCUT2D eigenvalue weighted by Gasteiger charge is 2.20. The number of nitrogens with one attached hydrogen (secondary N) is 3. The molecule has 160 valence electrons. The Morgan fingerprint density at radius 2 is 2.07 bits per heavy atom. The first-order valence-corrected chi connectivity index (χ1v) is 11.5. The lowest BCUT2D eigenvalue weighted by Gasteiger charge is -2.33. The third kappa shape index (κ3) is 4.92. The summed E-state index contributed by atoms with van der Waals surface area (Å²) in [5.74, 6) is 0. The van der Waals surface area contributed by atoms with Gasteiger partial charge in [-0.1, -0.05) is 12.1 Å².